The van der Waals surface area contributed by atoms with Crippen LogP contribution in [0.3, 0.4) is 0 Å². The Bertz CT molecular complexity index is 106. The van der Waals surface area contributed by atoms with E-state index in [0.717, 1.165) is 0 Å². The molecular formula is C5H9IO4. The monoisotopic (exact) mass is 260 g/mol. The zero-order chi connectivity index (χ0) is 7.72. The zero-order valence-corrected chi connectivity index (χ0v) is 7.30. The Labute approximate surface area is 72.0 Å². The third-order valence-corrected chi connectivity index (χ3v) is 2.54. The first-order chi connectivity index (χ1) is 4.63. The molecule has 0 amide bonds. The molecule has 5 heteroatoms. The lowest BCUT2D eigenvalue weighted by Gasteiger charge is -2.31. The molecule has 0 aromatic carbocycles. The molecule has 0 bridgehead atoms. The number of ether oxygens (including phenoxy) is 1. The van der Waals surface area contributed by atoms with Gasteiger partial charge in [0, 0.05) is 0 Å². The lowest BCUT2D eigenvalue weighted by atomic mass is 10.1. The first kappa shape index (κ1) is 8.66. The van der Waals surface area contributed by atoms with Crippen LogP contribution in [0.5, 0.6) is 0 Å². The SMILES string of the molecule is OC1OCC(I)C(O)C1O. The zero-order valence-electron chi connectivity index (χ0n) is 5.14. The summed E-state index contributed by atoms with van der Waals surface area (Å²) in [6.07, 6.45) is -3.29. The number of rotatable bonds is 0. The van der Waals surface area contributed by atoms with Crippen molar-refractivity contribution in [3.63, 3.8) is 0 Å². The van der Waals surface area contributed by atoms with Gasteiger partial charge in [0.1, 0.15) is 6.10 Å². The molecule has 1 aliphatic heterocycles. The molecular weight excluding hydrogens is 251 g/mol. The maximum Gasteiger partial charge on any atom is 0.183 e. The molecule has 4 unspecified atom stereocenters. The summed E-state index contributed by atoms with van der Waals surface area (Å²) < 4.78 is 4.57. The van der Waals surface area contributed by atoms with E-state index in [1.807, 2.05) is 22.6 Å². The molecule has 0 spiro atoms. The van der Waals surface area contributed by atoms with Crippen molar-refractivity contribution < 1.29 is 20.1 Å². The minimum absolute atomic E-state index is 0.143. The van der Waals surface area contributed by atoms with Crippen LogP contribution in [-0.2, 0) is 4.74 Å². The van der Waals surface area contributed by atoms with Gasteiger partial charge >= 0.3 is 0 Å². The number of aliphatic hydroxyl groups is 3. The van der Waals surface area contributed by atoms with E-state index in [2.05, 4.69) is 0 Å². The van der Waals surface area contributed by atoms with E-state index in [9.17, 15) is 0 Å². The van der Waals surface area contributed by atoms with Crippen molar-refractivity contribution in [2.45, 2.75) is 22.4 Å². The van der Waals surface area contributed by atoms with E-state index >= 15 is 0 Å². The topological polar surface area (TPSA) is 69.9 Å². The lowest BCUT2D eigenvalue weighted by molar-refractivity contribution is -0.215. The Morgan fingerprint density at radius 2 is 1.80 bits per heavy atom. The summed E-state index contributed by atoms with van der Waals surface area (Å²) in [4.78, 5) is 0. The third-order valence-electron chi connectivity index (χ3n) is 1.44. The summed E-state index contributed by atoms with van der Waals surface area (Å²) in [6.45, 7) is 0.278. The maximum absolute atomic E-state index is 9.12. The second-order valence-electron chi connectivity index (χ2n) is 2.22. The number of alkyl halides is 1. The molecule has 10 heavy (non-hydrogen) atoms. The van der Waals surface area contributed by atoms with Crippen molar-refractivity contribution in [2.75, 3.05) is 6.61 Å². The summed E-state index contributed by atoms with van der Waals surface area (Å²) in [7, 11) is 0. The average Bonchev–Trinajstić information content (AvgIpc) is 1.93. The summed E-state index contributed by atoms with van der Waals surface area (Å²) in [6, 6.07) is 0. The van der Waals surface area contributed by atoms with Crippen LogP contribution in [0, 0.1) is 0 Å². The fourth-order valence-corrected chi connectivity index (χ4v) is 1.40. The minimum atomic E-state index is -1.24. The van der Waals surface area contributed by atoms with Gasteiger partial charge in [0.05, 0.1) is 16.6 Å². The summed E-state index contributed by atoms with van der Waals surface area (Å²) in [5.41, 5.74) is 0. The number of hydrogen-bond donors (Lipinski definition) is 3. The van der Waals surface area contributed by atoms with Crippen molar-refractivity contribution in [1.29, 1.82) is 0 Å². The summed E-state index contributed by atoms with van der Waals surface area (Å²) in [5.74, 6) is 0. The van der Waals surface area contributed by atoms with E-state index in [1.54, 1.807) is 0 Å². The third kappa shape index (κ3) is 1.59. The van der Waals surface area contributed by atoms with Gasteiger partial charge in [0.25, 0.3) is 0 Å². The van der Waals surface area contributed by atoms with Crippen LogP contribution in [0.4, 0.5) is 0 Å². The van der Waals surface area contributed by atoms with E-state index < -0.39 is 18.5 Å². The molecule has 1 fully saturated rings. The molecule has 1 aliphatic rings. The van der Waals surface area contributed by atoms with Gasteiger partial charge in [-0.2, -0.15) is 0 Å². The van der Waals surface area contributed by atoms with Gasteiger partial charge < -0.3 is 20.1 Å². The highest BCUT2D eigenvalue weighted by molar-refractivity contribution is 14.1. The number of halogens is 1. The second-order valence-corrected chi connectivity index (χ2v) is 3.82. The van der Waals surface area contributed by atoms with E-state index in [-0.39, 0.29) is 10.5 Å². The average molecular weight is 260 g/mol. The standard InChI is InChI=1S/C5H9IO4/c6-2-1-10-5(9)4(8)3(2)7/h2-5,7-9H,1H2. The van der Waals surface area contributed by atoms with E-state index in [4.69, 9.17) is 20.1 Å². The van der Waals surface area contributed by atoms with Crippen LogP contribution in [0.2, 0.25) is 0 Å². The van der Waals surface area contributed by atoms with Crippen molar-refractivity contribution in [2.24, 2.45) is 0 Å². The fraction of sp³-hybridized carbons (Fsp3) is 1.00. The van der Waals surface area contributed by atoms with Crippen molar-refractivity contribution in [3.05, 3.63) is 0 Å². The molecule has 0 aromatic heterocycles. The summed E-state index contributed by atoms with van der Waals surface area (Å²) >= 11 is 1.96. The highest BCUT2D eigenvalue weighted by Gasteiger charge is 2.35. The summed E-state index contributed by atoms with van der Waals surface area (Å²) in [5, 5.41) is 26.9. The molecule has 4 nitrogen and oxygen atoms in total. The molecule has 0 aliphatic carbocycles. The van der Waals surface area contributed by atoms with E-state index in [0.29, 0.717) is 0 Å². The Hall–Kier alpha value is 0.570. The Kier molecular flexibility index (Phi) is 2.87. The smallest absolute Gasteiger partial charge is 0.183 e. The fourth-order valence-electron chi connectivity index (χ4n) is 0.770. The van der Waals surface area contributed by atoms with Crippen LogP contribution in [-0.4, -0.2) is 44.3 Å². The highest BCUT2D eigenvalue weighted by Crippen LogP contribution is 2.19. The lowest BCUT2D eigenvalue weighted by Crippen LogP contribution is -2.50. The highest BCUT2D eigenvalue weighted by atomic mass is 127. The first-order valence-corrected chi connectivity index (χ1v) is 4.17. The molecule has 0 aromatic rings. The molecule has 1 saturated heterocycles. The van der Waals surface area contributed by atoms with Gasteiger partial charge in [-0.25, -0.2) is 0 Å². The molecule has 4 atom stereocenters. The maximum atomic E-state index is 9.12. The van der Waals surface area contributed by atoms with E-state index in [1.165, 1.54) is 0 Å². The van der Waals surface area contributed by atoms with Crippen LogP contribution in [0.15, 0.2) is 0 Å². The molecule has 1 heterocycles. The predicted molar refractivity (Wildman–Crippen MR) is 41.8 cm³/mol. The van der Waals surface area contributed by atoms with Gasteiger partial charge in [0.2, 0.25) is 0 Å². The molecule has 1 rings (SSSR count). The van der Waals surface area contributed by atoms with Gasteiger partial charge in [-0.05, 0) is 0 Å². The molecule has 0 radical (unpaired) electrons. The molecule has 0 saturated carbocycles. The van der Waals surface area contributed by atoms with Crippen molar-refractivity contribution in [3.8, 4) is 0 Å². The minimum Gasteiger partial charge on any atom is -0.389 e. The van der Waals surface area contributed by atoms with Crippen LogP contribution >= 0.6 is 22.6 Å². The Morgan fingerprint density at radius 1 is 1.20 bits per heavy atom. The quantitative estimate of drug-likeness (QED) is 0.380. The number of aliphatic hydroxyl groups excluding tert-OH is 3. The van der Waals surface area contributed by atoms with Gasteiger partial charge in [0.15, 0.2) is 6.29 Å². The first-order valence-electron chi connectivity index (χ1n) is 2.93. The molecule has 3 N–H and O–H groups in total. The Morgan fingerprint density at radius 3 is 2.30 bits per heavy atom. The van der Waals surface area contributed by atoms with Crippen LogP contribution < -0.4 is 0 Å². The normalized spacial score (nSPS) is 49.2. The second kappa shape index (κ2) is 3.31. The van der Waals surface area contributed by atoms with Crippen LogP contribution in [0.1, 0.15) is 0 Å². The van der Waals surface area contributed by atoms with Gasteiger partial charge in [-0.1, -0.05) is 22.6 Å². The molecule has 60 valence electrons. The number of hydrogen-bond acceptors (Lipinski definition) is 4. The van der Waals surface area contributed by atoms with Gasteiger partial charge in [-0.3, -0.25) is 0 Å². The van der Waals surface area contributed by atoms with Crippen molar-refractivity contribution in [1.82, 2.24) is 0 Å². The van der Waals surface area contributed by atoms with Crippen LogP contribution in [0.25, 0.3) is 0 Å². The van der Waals surface area contributed by atoms with Gasteiger partial charge in [-0.15, -0.1) is 0 Å². The van der Waals surface area contributed by atoms with Crippen molar-refractivity contribution >= 4 is 22.6 Å². The Balaban J connectivity index is 2.52. The largest absolute Gasteiger partial charge is 0.389 e. The predicted octanol–water partition coefficient (Wildman–Crippen LogP) is -1.14.